The van der Waals surface area contributed by atoms with Gasteiger partial charge < -0.3 is 9.84 Å². The third kappa shape index (κ3) is 5.00. The van der Waals surface area contributed by atoms with Crippen LogP contribution < -0.4 is 10.2 Å². The number of sulfonamides is 1. The van der Waals surface area contributed by atoms with Crippen LogP contribution in [0.4, 0.5) is 11.4 Å². The molecule has 0 fully saturated rings. The van der Waals surface area contributed by atoms with Gasteiger partial charge in [-0.2, -0.15) is 9.41 Å². The number of nitro groups is 1. The Kier molecular flexibility index (Phi) is 7.13. The monoisotopic (exact) mass is 422 g/mol. The van der Waals surface area contributed by atoms with Crippen LogP contribution in [-0.2, 0) is 10.0 Å². The van der Waals surface area contributed by atoms with Crippen LogP contribution in [0.5, 0.6) is 11.5 Å². The number of nitrogens with zero attached hydrogens (tertiary/aromatic N) is 3. The summed E-state index contributed by atoms with van der Waals surface area (Å²) in [6.45, 7) is 3.89. The number of ether oxygens (including phenoxy) is 1. The molecule has 0 aliphatic heterocycles. The number of hydrazone groups is 1. The number of methoxy groups -OCH3 is 1. The van der Waals surface area contributed by atoms with Crippen molar-refractivity contribution in [3.05, 3.63) is 52.1 Å². The van der Waals surface area contributed by atoms with Crippen molar-refractivity contribution in [2.75, 3.05) is 25.6 Å². The summed E-state index contributed by atoms with van der Waals surface area (Å²) in [6.07, 6.45) is 1.35. The summed E-state index contributed by atoms with van der Waals surface area (Å²) in [7, 11) is -2.40. The summed E-state index contributed by atoms with van der Waals surface area (Å²) < 4.78 is 31.3. The van der Waals surface area contributed by atoms with E-state index in [0.717, 1.165) is 6.07 Å². The fourth-order valence-electron chi connectivity index (χ4n) is 2.59. The molecule has 0 spiro atoms. The Morgan fingerprint density at radius 2 is 1.93 bits per heavy atom. The Hall–Kier alpha value is -3.18. The van der Waals surface area contributed by atoms with Gasteiger partial charge in [-0.15, -0.1) is 0 Å². The molecule has 2 rings (SSSR count). The largest absolute Gasteiger partial charge is 0.504 e. The molecule has 0 aromatic heterocycles. The Morgan fingerprint density at radius 3 is 2.48 bits per heavy atom. The summed E-state index contributed by atoms with van der Waals surface area (Å²) in [5.41, 5.74) is 2.67. The highest BCUT2D eigenvalue weighted by Crippen LogP contribution is 2.29. The molecule has 0 saturated carbocycles. The smallest absolute Gasteiger partial charge is 0.295 e. The number of nitrogens with one attached hydrogen (secondary N) is 1. The molecule has 0 radical (unpaired) electrons. The van der Waals surface area contributed by atoms with Crippen molar-refractivity contribution < 1.29 is 23.2 Å². The maximum Gasteiger partial charge on any atom is 0.295 e. The maximum absolute atomic E-state index is 12.6. The number of anilines is 1. The molecule has 2 aromatic carbocycles. The van der Waals surface area contributed by atoms with Crippen LogP contribution in [-0.4, -0.2) is 49.2 Å². The van der Waals surface area contributed by atoms with Gasteiger partial charge in [0.25, 0.3) is 5.69 Å². The molecule has 0 amide bonds. The fraction of sp³-hybridized carbons (Fsp3) is 0.278. The van der Waals surface area contributed by atoms with Crippen molar-refractivity contribution >= 4 is 27.6 Å². The number of aromatic hydroxyl groups is 1. The number of hydrogen-bond acceptors (Lipinski definition) is 8. The van der Waals surface area contributed by atoms with E-state index in [-0.39, 0.29) is 29.4 Å². The van der Waals surface area contributed by atoms with E-state index in [1.165, 1.54) is 35.8 Å². The fourth-order valence-corrected chi connectivity index (χ4v) is 4.07. The van der Waals surface area contributed by atoms with Crippen LogP contribution in [0.15, 0.2) is 46.4 Å². The first-order valence-electron chi connectivity index (χ1n) is 8.69. The van der Waals surface area contributed by atoms with Gasteiger partial charge in [0, 0.05) is 19.2 Å². The van der Waals surface area contributed by atoms with Crippen molar-refractivity contribution in [3.63, 3.8) is 0 Å². The SMILES string of the molecule is CCN(CC)S(=O)(=O)c1ccc(N/N=C\c2ccc(OC)c(O)c2)c([N+](=O)[O-])c1. The molecule has 0 heterocycles. The Balaban J connectivity index is 2.30. The predicted octanol–water partition coefficient (Wildman–Crippen LogP) is 2.79. The van der Waals surface area contributed by atoms with Gasteiger partial charge in [0.15, 0.2) is 11.5 Å². The number of rotatable bonds is 9. The molecule has 0 aliphatic rings. The van der Waals surface area contributed by atoms with Crippen molar-refractivity contribution in [2.45, 2.75) is 18.7 Å². The lowest BCUT2D eigenvalue weighted by atomic mass is 10.2. The zero-order valence-corrected chi connectivity index (χ0v) is 17.0. The van der Waals surface area contributed by atoms with Gasteiger partial charge in [0.05, 0.1) is 23.1 Å². The molecule has 0 saturated heterocycles. The molecule has 2 N–H and O–H groups in total. The number of phenols is 1. The molecule has 0 aliphatic carbocycles. The predicted molar refractivity (Wildman–Crippen MR) is 109 cm³/mol. The minimum Gasteiger partial charge on any atom is -0.504 e. The highest BCUT2D eigenvalue weighted by Gasteiger charge is 2.25. The average molecular weight is 422 g/mol. The normalized spacial score (nSPS) is 11.7. The lowest BCUT2D eigenvalue weighted by Gasteiger charge is -2.18. The zero-order chi connectivity index (χ0) is 21.6. The summed E-state index contributed by atoms with van der Waals surface area (Å²) >= 11 is 0. The van der Waals surface area contributed by atoms with E-state index in [1.54, 1.807) is 26.0 Å². The molecule has 156 valence electrons. The van der Waals surface area contributed by atoms with Gasteiger partial charge in [-0.1, -0.05) is 13.8 Å². The molecular weight excluding hydrogens is 400 g/mol. The van der Waals surface area contributed by atoms with E-state index < -0.39 is 20.6 Å². The summed E-state index contributed by atoms with van der Waals surface area (Å²) in [5, 5.41) is 25.1. The van der Waals surface area contributed by atoms with E-state index >= 15 is 0 Å². The van der Waals surface area contributed by atoms with Crippen LogP contribution in [0.25, 0.3) is 0 Å². The summed E-state index contributed by atoms with van der Waals surface area (Å²) in [6, 6.07) is 8.18. The van der Waals surface area contributed by atoms with Crippen molar-refractivity contribution in [3.8, 4) is 11.5 Å². The third-order valence-electron chi connectivity index (χ3n) is 4.11. The number of benzene rings is 2. The number of hydrogen-bond donors (Lipinski definition) is 2. The van der Waals surface area contributed by atoms with Gasteiger partial charge in [0.1, 0.15) is 5.69 Å². The molecular formula is C18H22N4O6S. The van der Waals surface area contributed by atoms with Crippen molar-refractivity contribution in [2.24, 2.45) is 5.10 Å². The van der Waals surface area contributed by atoms with Crippen LogP contribution in [0.3, 0.4) is 0 Å². The first-order chi connectivity index (χ1) is 13.7. The lowest BCUT2D eigenvalue weighted by Crippen LogP contribution is -2.30. The molecule has 10 nitrogen and oxygen atoms in total. The minimum absolute atomic E-state index is 0.0301. The second-order valence-corrected chi connectivity index (χ2v) is 7.76. The van der Waals surface area contributed by atoms with E-state index in [1.807, 2.05) is 0 Å². The molecule has 0 atom stereocenters. The van der Waals surface area contributed by atoms with Crippen LogP contribution in [0, 0.1) is 10.1 Å². The molecule has 0 unspecified atom stereocenters. The summed E-state index contributed by atoms with van der Waals surface area (Å²) in [5.74, 6) is 0.226. The van der Waals surface area contributed by atoms with Gasteiger partial charge >= 0.3 is 0 Å². The highest BCUT2D eigenvalue weighted by atomic mass is 32.2. The topological polar surface area (TPSA) is 134 Å². The minimum atomic E-state index is -3.83. The van der Waals surface area contributed by atoms with Crippen molar-refractivity contribution in [1.82, 2.24) is 4.31 Å². The van der Waals surface area contributed by atoms with Gasteiger partial charge in [-0.25, -0.2) is 8.42 Å². The van der Waals surface area contributed by atoms with E-state index in [0.29, 0.717) is 11.3 Å². The quantitative estimate of drug-likeness (QED) is 0.360. The highest BCUT2D eigenvalue weighted by molar-refractivity contribution is 7.89. The standard InChI is InChI=1S/C18H22N4O6S/c1-4-21(5-2)29(26,27)14-7-8-15(16(11-14)22(24)25)20-19-12-13-6-9-18(28-3)17(23)10-13/h6-12,20,23H,4-5H2,1-3H3/b19-12-. The van der Waals surface area contributed by atoms with Gasteiger partial charge in [-0.05, 0) is 35.9 Å². The van der Waals surface area contributed by atoms with E-state index in [2.05, 4.69) is 10.5 Å². The first kappa shape index (κ1) is 22.1. The second-order valence-electron chi connectivity index (χ2n) is 5.83. The van der Waals surface area contributed by atoms with Crippen molar-refractivity contribution in [1.29, 1.82) is 0 Å². The molecule has 11 heteroatoms. The lowest BCUT2D eigenvalue weighted by molar-refractivity contribution is -0.384. The maximum atomic E-state index is 12.6. The van der Waals surface area contributed by atoms with Gasteiger partial charge in [0.2, 0.25) is 10.0 Å². The molecule has 29 heavy (non-hydrogen) atoms. The van der Waals surface area contributed by atoms with Crippen LogP contribution >= 0.6 is 0 Å². The zero-order valence-electron chi connectivity index (χ0n) is 16.2. The van der Waals surface area contributed by atoms with Crippen LogP contribution in [0.2, 0.25) is 0 Å². The van der Waals surface area contributed by atoms with Gasteiger partial charge in [-0.3, -0.25) is 15.5 Å². The number of nitro benzene ring substituents is 1. The second kappa shape index (κ2) is 9.34. The van der Waals surface area contributed by atoms with E-state index in [9.17, 15) is 23.6 Å². The summed E-state index contributed by atoms with van der Waals surface area (Å²) in [4.78, 5) is 10.6. The Labute approximate surface area is 168 Å². The van der Waals surface area contributed by atoms with E-state index in [4.69, 9.17) is 4.74 Å². The first-order valence-corrected chi connectivity index (χ1v) is 10.1. The third-order valence-corrected chi connectivity index (χ3v) is 6.16. The molecule has 0 bridgehead atoms. The Morgan fingerprint density at radius 1 is 1.24 bits per heavy atom. The molecule has 2 aromatic rings. The number of phenolic OH excluding ortho intramolecular Hbond substituents is 1. The van der Waals surface area contributed by atoms with Crippen LogP contribution in [0.1, 0.15) is 19.4 Å². The average Bonchev–Trinajstić information content (AvgIpc) is 2.68. The Bertz CT molecular complexity index is 1020.